The second-order valence-electron chi connectivity index (χ2n) is 2.44. The zero-order valence-electron chi connectivity index (χ0n) is 8.50. The molecule has 1 nitrogen and oxygen atoms in total. The van der Waals surface area contributed by atoms with Crippen LogP contribution >= 0.6 is 0 Å². The maximum atomic E-state index is 11.0. The highest BCUT2D eigenvalue weighted by Gasteiger charge is 1.98. The van der Waals surface area contributed by atoms with Gasteiger partial charge in [0, 0.05) is 5.56 Å². The van der Waals surface area contributed by atoms with Crippen molar-refractivity contribution in [1.82, 2.24) is 0 Å². The topological polar surface area (TPSA) is 17.1 Å². The highest BCUT2D eigenvalue weighted by atomic mass is 16.1. The summed E-state index contributed by atoms with van der Waals surface area (Å²) < 4.78 is 0. The van der Waals surface area contributed by atoms with Crippen molar-refractivity contribution in [2.24, 2.45) is 0 Å². The number of hydrogen-bond acceptors (Lipinski definition) is 1. The molecule has 0 aliphatic rings. The molecule has 0 saturated heterocycles. The minimum atomic E-state index is -0.0197. The maximum absolute atomic E-state index is 11.0. The van der Waals surface area contributed by atoms with E-state index in [1.165, 1.54) is 6.08 Å². The Kier molecular flexibility index (Phi) is 5.53. The van der Waals surface area contributed by atoms with Crippen LogP contribution < -0.4 is 0 Å². The van der Waals surface area contributed by atoms with Gasteiger partial charge in [0.15, 0.2) is 5.78 Å². The van der Waals surface area contributed by atoms with Crippen molar-refractivity contribution in [3.63, 3.8) is 0 Å². The summed E-state index contributed by atoms with van der Waals surface area (Å²) in [4.78, 5) is 11.0. The lowest BCUT2D eigenvalue weighted by molar-refractivity contribution is 0.104. The molecule has 0 fully saturated rings. The maximum Gasteiger partial charge on any atom is 0.185 e. The third kappa shape index (κ3) is 3.70. The van der Waals surface area contributed by atoms with Crippen LogP contribution in [0.15, 0.2) is 36.9 Å². The van der Waals surface area contributed by atoms with Gasteiger partial charge in [-0.1, -0.05) is 44.2 Å². The summed E-state index contributed by atoms with van der Waals surface area (Å²) in [5.74, 6) is -0.0197. The van der Waals surface area contributed by atoms with Gasteiger partial charge in [-0.15, -0.1) is 0 Å². The Labute approximate surface area is 80.1 Å². The molecule has 0 aliphatic heterocycles. The number of carbonyl (C=O) groups excluding carboxylic acids is 1. The lowest BCUT2D eigenvalue weighted by Crippen LogP contribution is -1.92. The summed E-state index contributed by atoms with van der Waals surface area (Å²) in [6.45, 7) is 9.38. The molecule has 0 N–H and O–H groups in total. The molecule has 1 heteroatoms. The molecule has 0 unspecified atom stereocenters. The van der Waals surface area contributed by atoms with E-state index in [-0.39, 0.29) is 5.78 Å². The molecular weight excluding hydrogens is 160 g/mol. The van der Waals surface area contributed by atoms with Gasteiger partial charge in [-0.2, -0.15) is 0 Å². The first kappa shape index (κ1) is 11.6. The van der Waals surface area contributed by atoms with Gasteiger partial charge in [-0.05, 0) is 19.1 Å². The van der Waals surface area contributed by atoms with Crippen LogP contribution in [0.25, 0.3) is 0 Å². The molecule has 0 amide bonds. The Morgan fingerprint density at radius 3 is 2.46 bits per heavy atom. The predicted molar refractivity (Wildman–Crippen MR) is 57.1 cm³/mol. The van der Waals surface area contributed by atoms with Gasteiger partial charge in [-0.25, -0.2) is 0 Å². The fraction of sp³-hybridized carbons (Fsp3) is 0.250. The number of carbonyl (C=O) groups is 1. The molecule has 0 aliphatic carbocycles. The van der Waals surface area contributed by atoms with Crippen molar-refractivity contribution in [3.8, 4) is 0 Å². The second kappa shape index (κ2) is 6.18. The molecule has 0 spiro atoms. The van der Waals surface area contributed by atoms with Crippen molar-refractivity contribution >= 4 is 5.78 Å². The van der Waals surface area contributed by atoms with E-state index < -0.39 is 0 Å². The van der Waals surface area contributed by atoms with Crippen LogP contribution in [-0.2, 0) is 0 Å². The molecule has 0 bridgehead atoms. The quantitative estimate of drug-likeness (QED) is 0.498. The minimum absolute atomic E-state index is 0.0197. The van der Waals surface area contributed by atoms with Gasteiger partial charge in [0.2, 0.25) is 0 Å². The molecule has 1 aromatic rings. The highest BCUT2D eigenvalue weighted by molar-refractivity contribution is 6.04. The number of benzene rings is 1. The molecule has 1 rings (SSSR count). The summed E-state index contributed by atoms with van der Waals surface area (Å²) in [6, 6.07) is 7.47. The number of ketones is 1. The van der Waals surface area contributed by atoms with Crippen LogP contribution in [0.5, 0.6) is 0 Å². The first-order valence-corrected chi connectivity index (χ1v) is 4.47. The van der Waals surface area contributed by atoms with E-state index in [1.807, 2.05) is 39.0 Å². The first-order valence-electron chi connectivity index (χ1n) is 4.47. The standard InChI is InChI=1S/C10H10O.C2H6/c1-3-10(11)9-6-4-5-8(2)7-9;1-2/h3-7H,1H2,2H3;1-2H3. The Morgan fingerprint density at radius 1 is 1.38 bits per heavy atom. The molecule has 13 heavy (non-hydrogen) atoms. The van der Waals surface area contributed by atoms with Crippen LogP contribution in [0.2, 0.25) is 0 Å². The van der Waals surface area contributed by atoms with Crippen molar-refractivity contribution in [1.29, 1.82) is 0 Å². The molecule has 0 heterocycles. The predicted octanol–water partition coefficient (Wildman–Crippen LogP) is 3.39. The van der Waals surface area contributed by atoms with E-state index in [0.717, 1.165) is 5.56 Å². The van der Waals surface area contributed by atoms with E-state index in [2.05, 4.69) is 6.58 Å². The smallest absolute Gasteiger partial charge is 0.185 e. The van der Waals surface area contributed by atoms with Crippen LogP contribution in [0.1, 0.15) is 29.8 Å². The molecule has 1 aromatic carbocycles. The van der Waals surface area contributed by atoms with Crippen LogP contribution in [0.4, 0.5) is 0 Å². The number of allylic oxidation sites excluding steroid dienone is 1. The average Bonchev–Trinajstić information content (AvgIpc) is 2.20. The van der Waals surface area contributed by atoms with E-state index in [1.54, 1.807) is 6.07 Å². The minimum Gasteiger partial charge on any atom is -0.289 e. The summed E-state index contributed by atoms with van der Waals surface area (Å²) in [6.07, 6.45) is 1.33. The van der Waals surface area contributed by atoms with E-state index in [4.69, 9.17) is 0 Å². The SMILES string of the molecule is C=CC(=O)c1cccc(C)c1.CC. The van der Waals surface area contributed by atoms with Gasteiger partial charge in [0.25, 0.3) is 0 Å². The van der Waals surface area contributed by atoms with E-state index in [9.17, 15) is 4.79 Å². The van der Waals surface area contributed by atoms with Crippen molar-refractivity contribution in [2.75, 3.05) is 0 Å². The number of rotatable bonds is 2. The monoisotopic (exact) mass is 176 g/mol. The fourth-order valence-electron chi connectivity index (χ4n) is 0.916. The number of aryl methyl sites for hydroxylation is 1. The highest BCUT2D eigenvalue weighted by Crippen LogP contribution is 2.04. The van der Waals surface area contributed by atoms with Gasteiger partial charge in [-0.3, -0.25) is 4.79 Å². The molecular formula is C12H16O. The Balaban J connectivity index is 0.000000671. The van der Waals surface area contributed by atoms with E-state index >= 15 is 0 Å². The summed E-state index contributed by atoms with van der Waals surface area (Å²) in [7, 11) is 0. The summed E-state index contributed by atoms with van der Waals surface area (Å²) >= 11 is 0. The van der Waals surface area contributed by atoms with Crippen LogP contribution in [-0.4, -0.2) is 5.78 Å². The van der Waals surface area contributed by atoms with Crippen molar-refractivity contribution in [3.05, 3.63) is 48.0 Å². The van der Waals surface area contributed by atoms with Gasteiger partial charge >= 0.3 is 0 Å². The van der Waals surface area contributed by atoms with Gasteiger partial charge < -0.3 is 0 Å². The normalized spacial score (nSPS) is 8.23. The average molecular weight is 176 g/mol. The molecule has 0 radical (unpaired) electrons. The van der Waals surface area contributed by atoms with Gasteiger partial charge in [0.05, 0.1) is 0 Å². The zero-order chi connectivity index (χ0) is 10.3. The Morgan fingerprint density at radius 2 is 2.00 bits per heavy atom. The fourth-order valence-corrected chi connectivity index (χ4v) is 0.916. The summed E-state index contributed by atoms with van der Waals surface area (Å²) in [5, 5.41) is 0. The third-order valence-electron chi connectivity index (χ3n) is 1.49. The summed E-state index contributed by atoms with van der Waals surface area (Å²) in [5.41, 5.74) is 1.80. The first-order chi connectivity index (χ1) is 6.24. The van der Waals surface area contributed by atoms with E-state index in [0.29, 0.717) is 5.56 Å². The van der Waals surface area contributed by atoms with Gasteiger partial charge in [0.1, 0.15) is 0 Å². The largest absolute Gasteiger partial charge is 0.289 e. The molecule has 0 aromatic heterocycles. The molecule has 0 saturated carbocycles. The van der Waals surface area contributed by atoms with Crippen molar-refractivity contribution < 1.29 is 4.79 Å². The molecule has 70 valence electrons. The van der Waals surface area contributed by atoms with Crippen molar-refractivity contribution in [2.45, 2.75) is 20.8 Å². The Hall–Kier alpha value is -1.37. The lowest BCUT2D eigenvalue weighted by Gasteiger charge is -1.95. The Bertz CT molecular complexity index is 287. The number of hydrogen-bond donors (Lipinski definition) is 0. The van der Waals surface area contributed by atoms with Crippen LogP contribution in [0.3, 0.4) is 0 Å². The molecule has 0 atom stereocenters. The zero-order valence-corrected chi connectivity index (χ0v) is 8.50. The third-order valence-corrected chi connectivity index (χ3v) is 1.49. The second-order valence-corrected chi connectivity index (χ2v) is 2.44. The lowest BCUT2D eigenvalue weighted by atomic mass is 10.1. The van der Waals surface area contributed by atoms with Crippen LogP contribution in [0, 0.1) is 6.92 Å².